The van der Waals surface area contributed by atoms with Crippen LogP contribution < -0.4 is 10.1 Å². The van der Waals surface area contributed by atoms with E-state index >= 15 is 0 Å². The van der Waals surface area contributed by atoms with E-state index in [0.29, 0.717) is 26.2 Å². The molecule has 5 heteroatoms. The number of ether oxygens (including phenoxy) is 1. The number of hydrogen-bond acceptors (Lipinski definition) is 4. The average Bonchev–Trinajstić information content (AvgIpc) is 2.79. The van der Waals surface area contributed by atoms with Gasteiger partial charge >= 0.3 is 0 Å². The fourth-order valence-electron chi connectivity index (χ4n) is 3.96. The summed E-state index contributed by atoms with van der Waals surface area (Å²) in [5, 5.41) is 12.3. The highest BCUT2D eigenvalue weighted by molar-refractivity contribution is 5.78. The fraction of sp³-hybridized carbons (Fsp3) is 0.500. The fourth-order valence-corrected chi connectivity index (χ4v) is 3.96. The van der Waals surface area contributed by atoms with E-state index in [1.807, 2.05) is 0 Å². The summed E-state index contributed by atoms with van der Waals surface area (Å²) in [4.78, 5) is 14.8. The van der Waals surface area contributed by atoms with Crippen molar-refractivity contribution in [1.82, 2.24) is 10.2 Å². The third-order valence-electron chi connectivity index (χ3n) is 5.75. The average molecular weight is 425 g/mol. The first kappa shape index (κ1) is 23.3. The summed E-state index contributed by atoms with van der Waals surface area (Å²) in [6.45, 7) is 5.46. The van der Waals surface area contributed by atoms with Crippen molar-refractivity contribution in [1.29, 1.82) is 0 Å². The van der Waals surface area contributed by atoms with Crippen molar-refractivity contribution in [2.75, 3.05) is 26.3 Å². The molecule has 2 aromatic rings. The maximum Gasteiger partial charge on any atom is 0.234 e. The molecule has 0 saturated heterocycles. The summed E-state index contributed by atoms with van der Waals surface area (Å²) < 4.78 is 6.13. The van der Waals surface area contributed by atoms with E-state index in [2.05, 4.69) is 59.6 Å². The van der Waals surface area contributed by atoms with Crippen LogP contribution in [0, 0.1) is 0 Å². The second kappa shape index (κ2) is 12.5. The molecule has 1 aliphatic rings. The van der Waals surface area contributed by atoms with E-state index in [1.165, 1.54) is 16.7 Å². The van der Waals surface area contributed by atoms with Crippen LogP contribution in [0.5, 0.6) is 5.75 Å². The van der Waals surface area contributed by atoms with Crippen molar-refractivity contribution in [2.45, 2.75) is 58.5 Å². The number of benzene rings is 2. The molecule has 2 N–H and O–H groups in total. The molecule has 3 rings (SSSR count). The Bertz CT molecular complexity index is 820. The third-order valence-corrected chi connectivity index (χ3v) is 5.75. The molecular formula is C26H36N2O3. The number of nitrogens with one attached hydrogen (secondary N) is 1. The number of carbonyl (C=O) groups excluding carboxylic acids is 1. The molecular weight excluding hydrogens is 388 g/mol. The predicted octanol–water partition coefficient (Wildman–Crippen LogP) is 3.86. The lowest BCUT2D eigenvalue weighted by molar-refractivity contribution is -0.122. The summed E-state index contributed by atoms with van der Waals surface area (Å²) in [6, 6.07) is 15.0. The molecule has 0 unspecified atom stereocenters. The van der Waals surface area contributed by atoms with Crippen molar-refractivity contribution in [2.24, 2.45) is 0 Å². The van der Waals surface area contributed by atoms with Gasteiger partial charge in [-0.25, -0.2) is 0 Å². The summed E-state index contributed by atoms with van der Waals surface area (Å²) in [7, 11) is 0. The van der Waals surface area contributed by atoms with Gasteiger partial charge in [-0.05, 0) is 61.3 Å². The quantitative estimate of drug-likeness (QED) is 0.739. The minimum Gasteiger partial charge on any atom is -0.493 e. The van der Waals surface area contributed by atoms with E-state index in [0.717, 1.165) is 56.4 Å². The van der Waals surface area contributed by atoms with Gasteiger partial charge in [0, 0.05) is 31.8 Å². The largest absolute Gasteiger partial charge is 0.493 e. The molecule has 0 aliphatic carbocycles. The second-order valence-corrected chi connectivity index (χ2v) is 8.34. The van der Waals surface area contributed by atoms with E-state index in [-0.39, 0.29) is 12.5 Å². The number of aliphatic hydroxyl groups excluding tert-OH is 1. The van der Waals surface area contributed by atoms with Gasteiger partial charge in [0.2, 0.25) is 5.91 Å². The molecule has 5 nitrogen and oxygen atoms in total. The van der Waals surface area contributed by atoms with Crippen LogP contribution in [0.25, 0.3) is 0 Å². The Morgan fingerprint density at radius 2 is 1.77 bits per heavy atom. The Hall–Kier alpha value is -2.37. The second-order valence-electron chi connectivity index (χ2n) is 8.34. The highest BCUT2D eigenvalue weighted by Gasteiger charge is 2.16. The van der Waals surface area contributed by atoms with Crippen LogP contribution in [0.2, 0.25) is 0 Å². The molecule has 0 fully saturated rings. The van der Waals surface area contributed by atoms with E-state index in [1.54, 1.807) is 0 Å². The first-order chi connectivity index (χ1) is 15.2. The SMILES string of the molecule is CCc1ccc(CN2CC(=O)NCCCCCOc3ccc(CCCO)cc3C2)cc1. The highest BCUT2D eigenvalue weighted by atomic mass is 16.5. The molecule has 1 heterocycles. The van der Waals surface area contributed by atoms with Gasteiger partial charge in [-0.3, -0.25) is 9.69 Å². The Balaban J connectivity index is 1.84. The van der Waals surface area contributed by atoms with Gasteiger partial charge in [-0.15, -0.1) is 0 Å². The Labute approximate surface area is 186 Å². The predicted molar refractivity (Wildman–Crippen MR) is 124 cm³/mol. The van der Waals surface area contributed by atoms with Crippen molar-refractivity contribution < 1.29 is 14.6 Å². The van der Waals surface area contributed by atoms with Crippen LogP contribution in [-0.4, -0.2) is 42.2 Å². The first-order valence-corrected chi connectivity index (χ1v) is 11.6. The topological polar surface area (TPSA) is 61.8 Å². The molecule has 1 amide bonds. The van der Waals surface area contributed by atoms with Gasteiger partial charge in [0.05, 0.1) is 13.2 Å². The van der Waals surface area contributed by atoms with Gasteiger partial charge in [0.15, 0.2) is 0 Å². The van der Waals surface area contributed by atoms with Crippen LogP contribution in [0.4, 0.5) is 0 Å². The molecule has 0 radical (unpaired) electrons. The zero-order valence-corrected chi connectivity index (χ0v) is 18.7. The van der Waals surface area contributed by atoms with Crippen LogP contribution >= 0.6 is 0 Å². The van der Waals surface area contributed by atoms with Gasteiger partial charge < -0.3 is 15.2 Å². The van der Waals surface area contributed by atoms with Crippen molar-refractivity contribution >= 4 is 5.91 Å². The zero-order valence-electron chi connectivity index (χ0n) is 18.7. The molecule has 1 aliphatic heterocycles. The van der Waals surface area contributed by atoms with Crippen LogP contribution in [0.3, 0.4) is 0 Å². The van der Waals surface area contributed by atoms with Crippen molar-refractivity contribution in [3.63, 3.8) is 0 Å². The maximum atomic E-state index is 12.6. The molecule has 0 aromatic heterocycles. The Morgan fingerprint density at radius 3 is 2.55 bits per heavy atom. The number of fused-ring (bicyclic) bond motifs is 1. The lowest BCUT2D eigenvalue weighted by atomic mass is 10.0. The maximum absolute atomic E-state index is 12.6. The summed E-state index contributed by atoms with van der Waals surface area (Å²) >= 11 is 0. The summed E-state index contributed by atoms with van der Waals surface area (Å²) in [5.74, 6) is 0.974. The number of aryl methyl sites for hydroxylation is 2. The first-order valence-electron chi connectivity index (χ1n) is 11.6. The lowest BCUT2D eigenvalue weighted by Gasteiger charge is -2.24. The monoisotopic (exact) mass is 424 g/mol. The van der Waals surface area contributed by atoms with E-state index in [4.69, 9.17) is 4.74 Å². The number of nitrogens with zero attached hydrogens (tertiary/aromatic N) is 1. The number of hydrogen-bond donors (Lipinski definition) is 2. The summed E-state index contributed by atoms with van der Waals surface area (Å²) in [5.41, 5.74) is 4.82. The molecule has 0 bridgehead atoms. The zero-order chi connectivity index (χ0) is 21.9. The molecule has 0 atom stereocenters. The van der Waals surface area contributed by atoms with Gasteiger partial charge in [-0.2, -0.15) is 0 Å². The number of aliphatic hydroxyl groups is 1. The number of carbonyl (C=O) groups is 1. The lowest BCUT2D eigenvalue weighted by Crippen LogP contribution is -2.37. The molecule has 31 heavy (non-hydrogen) atoms. The Morgan fingerprint density at radius 1 is 1.00 bits per heavy atom. The van der Waals surface area contributed by atoms with Crippen molar-refractivity contribution in [3.8, 4) is 5.75 Å². The standard InChI is InChI=1S/C26H36N2O3/c1-2-21-8-10-23(11-9-21)18-28-19-24-17-22(7-6-15-29)12-13-25(24)31-16-5-3-4-14-27-26(30)20-28/h8-13,17,29H,2-7,14-16,18-20H2,1H3,(H,27,30). The summed E-state index contributed by atoms with van der Waals surface area (Å²) in [6.07, 6.45) is 5.60. The van der Waals surface area contributed by atoms with Crippen LogP contribution in [0.15, 0.2) is 42.5 Å². The Kier molecular flexibility index (Phi) is 9.38. The normalized spacial score (nSPS) is 16.3. The smallest absolute Gasteiger partial charge is 0.234 e. The molecule has 0 spiro atoms. The van der Waals surface area contributed by atoms with Crippen LogP contribution in [-0.2, 0) is 30.7 Å². The molecule has 0 saturated carbocycles. The van der Waals surface area contributed by atoms with E-state index < -0.39 is 0 Å². The van der Waals surface area contributed by atoms with Crippen molar-refractivity contribution in [3.05, 3.63) is 64.7 Å². The highest BCUT2D eigenvalue weighted by Crippen LogP contribution is 2.24. The van der Waals surface area contributed by atoms with E-state index in [9.17, 15) is 9.90 Å². The number of rotatable bonds is 6. The number of amides is 1. The van der Waals surface area contributed by atoms with Gasteiger partial charge in [0.1, 0.15) is 5.75 Å². The minimum absolute atomic E-state index is 0.0725. The molecule has 168 valence electrons. The van der Waals surface area contributed by atoms with Gasteiger partial charge in [-0.1, -0.05) is 43.3 Å². The third kappa shape index (κ3) is 7.67. The minimum atomic E-state index is 0.0725. The van der Waals surface area contributed by atoms with Gasteiger partial charge in [0.25, 0.3) is 0 Å². The van der Waals surface area contributed by atoms with Crippen LogP contribution in [0.1, 0.15) is 54.9 Å². The molecule has 2 aromatic carbocycles.